The van der Waals surface area contributed by atoms with Gasteiger partial charge in [0, 0.05) is 19.1 Å². The second-order valence-electron chi connectivity index (χ2n) is 13.9. The van der Waals surface area contributed by atoms with Crippen LogP contribution in [0.25, 0.3) is 0 Å². The highest BCUT2D eigenvalue weighted by Crippen LogP contribution is 2.39. The summed E-state index contributed by atoms with van der Waals surface area (Å²) in [6.07, 6.45) is 1.13. The van der Waals surface area contributed by atoms with Crippen LogP contribution < -0.4 is 32.7 Å². The molecule has 15 heteroatoms. The first kappa shape index (κ1) is 39.9. The van der Waals surface area contributed by atoms with Crippen molar-refractivity contribution in [2.24, 2.45) is 22.4 Å². The van der Waals surface area contributed by atoms with Crippen LogP contribution in [0.5, 0.6) is 0 Å². The summed E-state index contributed by atoms with van der Waals surface area (Å²) in [5, 5.41) is 20.3. The maximum atomic E-state index is 14.3. The number of benzene rings is 3. The van der Waals surface area contributed by atoms with Gasteiger partial charge in [-0.25, -0.2) is 0 Å². The quantitative estimate of drug-likeness (QED) is 0.0760. The van der Waals surface area contributed by atoms with Crippen molar-refractivity contribution in [1.82, 2.24) is 26.2 Å². The zero-order valence-electron chi connectivity index (χ0n) is 30.4. The summed E-state index contributed by atoms with van der Waals surface area (Å²) in [7, 11) is 0. The molecule has 290 valence electrons. The zero-order valence-corrected chi connectivity index (χ0v) is 30.4. The minimum Gasteiger partial charge on any atom is -0.481 e. The molecule has 0 saturated carbocycles. The number of guanidine groups is 1. The van der Waals surface area contributed by atoms with Gasteiger partial charge >= 0.3 is 5.97 Å². The van der Waals surface area contributed by atoms with Gasteiger partial charge in [0.15, 0.2) is 5.96 Å². The van der Waals surface area contributed by atoms with Gasteiger partial charge in [-0.15, -0.1) is 0 Å². The summed E-state index contributed by atoms with van der Waals surface area (Å²) in [6, 6.07) is 23.0. The Hall–Kier alpha value is -6.25. The molecule has 2 fully saturated rings. The van der Waals surface area contributed by atoms with E-state index in [-0.39, 0.29) is 55.7 Å². The standard InChI is InChI=1S/C40H48N8O7/c41-40(42)43-19-18-29(37(53)47-31(23-35(50)51)36(52)44-24-27-14-8-3-9-15-27)46-38(54)33-22-28(20-25-10-4-1-5-11-25)32-17-16-30(39(55)48(32)33)45-34(49)21-26-12-6-2-7-13-26/h1-15,28-33H,16-24H2,(H,44,52)(H,45,49)(H,46,54)(H,47,53)(H,50,51)(H4,41,42,43)/t28-,29+,30?,31+,32+,33+/m1/s1. The predicted octanol–water partition coefficient (Wildman–Crippen LogP) is 0.760. The van der Waals surface area contributed by atoms with Crippen LogP contribution in [0.3, 0.4) is 0 Å². The van der Waals surface area contributed by atoms with Crippen LogP contribution in [0.1, 0.15) is 48.8 Å². The van der Waals surface area contributed by atoms with E-state index in [1.54, 1.807) is 29.2 Å². The fraction of sp³-hybridized carbons (Fsp3) is 0.375. The zero-order chi connectivity index (χ0) is 39.3. The number of carboxylic acid groups (broad SMARTS) is 1. The number of piperidine rings is 1. The molecular formula is C40H48N8O7. The van der Waals surface area contributed by atoms with E-state index in [4.69, 9.17) is 11.5 Å². The Bertz CT molecular complexity index is 1840. The molecule has 6 atom stereocenters. The smallest absolute Gasteiger partial charge is 0.305 e. The average molecular weight is 753 g/mol. The van der Waals surface area contributed by atoms with Crippen molar-refractivity contribution in [3.8, 4) is 0 Å². The van der Waals surface area contributed by atoms with E-state index in [9.17, 15) is 33.9 Å². The van der Waals surface area contributed by atoms with Gasteiger partial charge in [0.1, 0.15) is 24.2 Å². The van der Waals surface area contributed by atoms with Gasteiger partial charge in [-0.05, 0) is 54.7 Å². The summed E-state index contributed by atoms with van der Waals surface area (Å²) in [5.74, 6) is -4.52. The number of aliphatic carboxylic acids is 1. The van der Waals surface area contributed by atoms with Crippen LogP contribution in [0, 0.1) is 5.92 Å². The monoisotopic (exact) mass is 752 g/mol. The molecule has 15 nitrogen and oxygen atoms in total. The van der Waals surface area contributed by atoms with Crippen molar-refractivity contribution in [2.45, 2.75) is 81.7 Å². The Kier molecular flexibility index (Phi) is 13.9. The van der Waals surface area contributed by atoms with Gasteiger partial charge in [-0.3, -0.25) is 33.8 Å². The number of carboxylic acids is 1. The Labute approximate surface area is 319 Å². The summed E-state index contributed by atoms with van der Waals surface area (Å²) < 4.78 is 0. The molecule has 5 rings (SSSR count). The number of amides is 5. The van der Waals surface area contributed by atoms with Crippen LogP contribution >= 0.6 is 0 Å². The number of hydrogen-bond donors (Lipinski definition) is 7. The van der Waals surface area contributed by atoms with Crippen molar-refractivity contribution in [3.63, 3.8) is 0 Å². The molecule has 2 saturated heterocycles. The molecular weight excluding hydrogens is 704 g/mol. The topological polar surface area (TPSA) is 238 Å². The molecule has 2 heterocycles. The molecule has 3 aromatic carbocycles. The molecule has 2 aliphatic rings. The number of rotatable bonds is 17. The summed E-state index contributed by atoms with van der Waals surface area (Å²) in [5.41, 5.74) is 13.6. The SMILES string of the molecule is NC(N)=NCC[C@H](NC(=O)[C@@H]1C[C@@H](Cc2ccccc2)[C@@H]2CCC(NC(=O)Cc3ccccc3)C(=O)N12)C(=O)N[C@@H](CC(=O)O)C(=O)NCc1ccccc1. The van der Waals surface area contributed by atoms with E-state index in [2.05, 4.69) is 26.3 Å². The van der Waals surface area contributed by atoms with E-state index < -0.39 is 54.3 Å². The Balaban J connectivity index is 1.34. The van der Waals surface area contributed by atoms with Crippen molar-refractivity contribution in [1.29, 1.82) is 0 Å². The third kappa shape index (κ3) is 11.4. The first-order valence-corrected chi connectivity index (χ1v) is 18.4. The molecule has 0 radical (unpaired) electrons. The van der Waals surface area contributed by atoms with Gasteiger partial charge in [0.05, 0.1) is 12.8 Å². The van der Waals surface area contributed by atoms with Gasteiger partial charge in [0.25, 0.3) is 0 Å². The number of nitrogens with one attached hydrogen (secondary N) is 4. The normalized spacial score (nSPS) is 19.9. The van der Waals surface area contributed by atoms with E-state index in [1.807, 2.05) is 66.7 Å². The first-order valence-electron chi connectivity index (χ1n) is 18.4. The van der Waals surface area contributed by atoms with E-state index in [0.29, 0.717) is 25.7 Å². The summed E-state index contributed by atoms with van der Waals surface area (Å²) in [4.78, 5) is 85.6. The lowest BCUT2D eigenvalue weighted by Crippen LogP contribution is -2.61. The molecule has 0 aromatic heterocycles. The second-order valence-corrected chi connectivity index (χ2v) is 13.9. The number of carbonyl (C=O) groups excluding carboxylic acids is 5. The first-order chi connectivity index (χ1) is 26.5. The molecule has 5 amide bonds. The number of hydrogen-bond acceptors (Lipinski definition) is 7. The lowest BCUT2D eigenvalue weighted by atomic mass is 9.86. The number of fused-ring (bicyclic) bond motifs is 1. The predicted molar refractivity (Wildman–Crippen MR) is 204 cm³/mol. The maximum Gasteiger partial charge on any atom is 0.305 e. The second kappa shape index (κ2) is 19.2. The molecule has 0 bridgehead atoms. The minimum absolute atomic E-state index is 0.0768. The van der Waals surface area contributed by atoms with E-state index >= 15 is 0 Å². The molecule has 55 heavy (non-hydrogen) atoms. The average Bonchev–Trinajstić information content (AvgIpc) is 3.53. The fourth-order valence-electron chi connectivity index (χ4n) is 7.30. The van der Waals surface area contributed by atoms with Crippen LogP contribution in [0.2, 0.25) is 0 Å². The molecule has 1 unspecified atom stereocenters. The minimum atomic E-state index is -1.47. The van der Waals surface area contributed by atoms with Crippen molar-refractivity contribution >= 4 is 41.5 Å². The number of aliphatic imine (C=N–C) groups is 1. The van der Waals surface area contributed by atoms with E-state index in [1.165, 1.54) is 0 Å². The summed E-state index contributed by atoms with van der Waals surface area (Å²) in [6.45, 7) is 0.0213. The number of nitrogens with zero attached hydrogens (tertiary/aromatic N) is 2. The largest absolute Gasteiger partial charge is 0.481 e. The Morgan fingerprint density at radius 2 is 1.42 bits per heavy atom. The van der Waals surface area contributed by atoms with Crippen LogP contribution in [-0.4, -0.2) is 88.2 Å². The van der Waals surface area contributed by atoms with Crippen LogP contribution in [0.4, 0.5) is 0 Å². The molecule has 0 spiro atoms. The lowest BCUT2D eigenvalue weighted by molar-refractivity contribution is -0.147. The van der Waals surface area contributed by atoms with Crippen LogP contribution in [-0.2, 0) is 48.2 Å². The van der Waals surface area contributed by atoms with Crippen molar-refractivity contribution in [3.05, 3.63) is 108 Å². The highest BCUT2D eigenvalue weighted by molar-refractivity contribution is 5.97. The third-order valence-electron chi connectivity index (χ3n) is 9.92. The van der Waals surface area contributed by atoms with Gasteiger partial charge < -0.3 is 42.7 Å². The van der Waals surface area contributed by atoms with Crippen molar-refractivity contribution < 1.29 is 33.9 Å². The Morgan fingerprint density at radius 3 is 2.04 bits per heavy atom. The molecule has 3 aromatic rings. The fourth-order valence-corrected chi connectivity index (χ4v) is 7.30. The summed E-state index contributed by atoms with van der Waals surface area (Å²) >= 11 is 0. The van der Waals surface area contributed by atoms with Crippen molar-refractivity contribution in [2.75, 3.05) is 6.54 Å². The highest BCUT2D eigenvalue weighted by atomic mass is 16.4. The van der Waals surface area contributed by atoms with E-state index in [0.717, 1.165) is 16.7 Å². The number of carbonyl (C=O) groups is 6. The number of nitrogens with two attached hydrogens (primary N) is 2. The Morgan fingerprint density at radius 1 is 0.800 bits per heavy atom. The third-order valence-corrected chi connectivity index (χ3v) is 9.92. The highest BCUT2D eigenvalue weighted by Gasteiger charge is 2.51. The molecule has 9 N–H and O–H groups in total. The molecule has 2 aliphatic heterocycles. The van der Waals surface area contributed by atoms with Gasteiger partial charge in [0.2, 0.25) is 29.5 Å². The maximum absolute atomic E-state index is 14.3. The molecule has 0 aliphatic carbocycles. The van der Waals surface area contributed by atoms with Gasteiger partial charge in [-0.2, -0.15) is 0 Å². The lowest BCUT2D eigenvalue weighted by Gasteiger charge is -2.39. The van der Waals surface area contributed by atoms with Gasteiger partial charge in [-0.1, -0.05) is 91.0 Å². The van der Waals surface area contributed by atoms with Crippen LogP contribution in [0.15, 0.2) is 96.0 Å².